The number of nitrogens with zero attached hydrogens (tertiary/aromatic N) is 5. The number of aromatic amines is 1. The van der Waals surface area contributed by atoms with Crippen molar-refractivity contribution in [2.75, 3.05) is 11.4 Å². The summed E-state index contributed by atoms with van der Waals surface area (Å²) in [5, 5.41) is 7.06. The number of hydrogen-bond acceptors (Lipinski definition) is 4. The lowest BCUT2D eigenvalue weighted by atomic mass is 9.90. The Labute approximate surface area is 161 Å². The van der Waals surface area contributed by atoms with Gasteiger partial charge in [-0.25, -0.2) is 9.24 Å². The lowest BCUT2D eigenvalue weighted by Gasteiger charge is -2.30. The van der Waals surface area contributed by atoms with Crippen LogP contribution in [0.5, 0.6) is 0 Å². The molecule has 4 rings (SSSR count). The summed E-state index contributed by atoms with van der Waals surface area (Å²) >= 11 is 0. The van der Waals surface area contributed by atoms with Crippen LogP contribution in [-0.4, -0.2) is 32.6 Å². The molecule has 1 aromatic carbocycles. The van der Waals surface area contributed by atoms with Gasteiger partial charge in [-0.2, -0.15) is 4.98 Å². The van der Waals surface area contributed by atoms with E-state index in [2.05, 4.69) is 25.0 Å². The van der Waals surface area contributed by atoms with Crippen molar-refractivity contribution < 1.29 is 9.18 Å². The van der Waals surface area contributed by atoms with E-state index in [4.69, 9.17) is 6.57 Å². The molecule has 1 saturated heterocycles. The van der Waals surface area contributed by atoms with Crippen molar-refractivity contribution >= 4 is 17.5 Å². The third kappa shape index (κ3) is 3.47. The summed E-state index contributed by atoms with van der Waals surface area (Å²) < 4.78 is 13.9. The number of anilines is 1. The first-order valence-electron chi connectivity index (χ1n) is 8.96. The molecule has 0 saturated carbocycles. The summed E-state index contributed by atoms with van der Waals surface area (Å²) in [6, 6.07) is 8.13. The minimum absolute atomic E-state index is 0.00953. The summed E-state index contributed by atoms with van der Waals surface area (Å²) in [6.07, 6.45) is 5.30. The molecule has 0 radical (unpaired) electrons. The van der Waals surface area contributed by atoms with Crippen LogP contribution in [0, 0.1) is 18.3 Å². The van der Waals surface area contributed by atoms with Crippen LogP contribution in [0.4, 0.5) is 16.0 Å². The van der Waals surface area contributed by atoms with Gasteiger partial charge in [0.2, 0.25) is 11.6 Å². The van der Waals surface area contributed by atoms with Crippen LogP contribution >= 0.6 is 0 Å². The molecule has 0 aliphatic carbocycles. The van der Waals surface area contributed by atoms with Crippen LogP contribution < -0.4 is 4.90 Å². The minimum Gasteiger partial charge on any atom is -0.279 e. The predicted molar refractivity (Wildman–Crippen MR) is 101 cm³/mol. The molecule has 0 spiro atoms. The van der Waals surface area contributed by atoms with Crippen LogP contribution in [0.2, 0.25) is 0 Å². The Kier molecular flexibility index (Phi) is 4.81. The highest BCUT2D eigenvalue weighted by atomic mass is 19.1. The van der Waals surface area contributed by atoms with Gasteiger partial charge in [-0.05, 0) is 43.0 Å². The minimum atomic E-state index is -0.552. The Balaban J connectivity index is 1.51. The van der Waals surface area contributed by atoms with Gasteiger partial charge in [-0.15, -0.1) is 5.10 Å². The number of aromatic nitrogens is 4. The van der Waals surface area contributed by atoms with Crippen molar-refractivity contribution in [2.45, 2.75) is 19.3 Å². The Morgan fingerprint density at radius 1 is 1.29 bits per heavy atom. The Bertz CT molecular complexity index is 1040. The third-order valence-corrected chi connectivity index (χ3v) is 4.83. The summed E-state index contributed by atoms with van der Waals surface area (Å²) in [5.74, 6) is 0.0276. The van der Waals surface area contributed by atoms with E-state index in [1.165, 1.54) is 12.1 Å². The molecular formula is C20H17FN6O. The zero-order valence-corrected chi connectivity index (χ0v) is 15.0. The maximum absolute atomic E-state index is 13.9. The molecule has 7 nitrogen and oxygen atoms in total. The van der Waals surface area contributed by atoms with Crippen LogP contribution in [0.25, 0.3) is 16.2 Å². The van der Waals surface area contributed by atoms with Crippen LogP contribution in [0.1, 0.15) is 18.4 Å². The number of nitrogens with one attached hydrogen (secondary N) is 1. The van der Waals surface area contributed by atoms with Gasteiger partial charge in [-0.1, -0.05) is 12.1 Å². The number of rotatable bonds is 4. The van der Waals surface area contributed by atoms with E-state index in [1.807, 2.05) is 12.1 Å². The van der Waals surface area contributed by atoms with Gasteiger partial charge in [0.15, 0.2) is 5.82 Å². The monoisotopic (exact) mass is 376 g/mol. The fraction of sp³-hybridized carbons (Fsp3) is 0.250. The molecule has 140 valence electrons. The Hall–Kier alpha value is -3.60. The molecule has 0 bridgehead atoms. The molecule has 0 unspecified atom stereocenters. The molecule has 1 aliphatic heterocycles. The van der Waals surface area contributed by atoms with Crippen LogP contribution in [0.15, 0.2) is 42.7 Å². The average molecular weight is 376 g/mol. The second kappa shape index (κ2) is 7.56. The first-order chi connectivity index (χ1) is 13.7. The van der Waals surface area contributed by atoms with Gasteiger partial charge >= 0.3 is 0 Å². The maximum atomic E-state index is 13.9. The highest BCUT2D eigenvalue weighted by molar-refractivity contribution is 5.94. The normalized spacial score (nSPS) is 16.8. The van der Waals surface area contributed by atoms with E-state index >= 15 is 0 Å². The number of pyridine rings is 1. The van der Waals surface area contributed by atoms with Gasteiger partial charge in [0.05, 0.1) is 6.57 Å². The van der Waals surface area contributed by atoms with Gasteiger partial charge in [-0.3, -0.25) is 19.8 Å². The fourth-order valence-corrected chi connectivity index (χ4v) is 3.40. The number of amides is 1. The number of benzene rings is 1. The van der Waals surface area contributed by atoms with Crippen molar-refractivity contribution in [3.05, 3.63) is 65.5 Å². The van der Waals surface area contributed by atoms with E-state index in [0.29, 0.717) is 30.3 Å². The fourth-order valence-electron chi connectivity index (χ4n) is 3.40. The largest absolute Gasteiger partial charge is 0.279 e. The first-order valence-corrected chi connectivity index (χ1v) is 8.96. The summed E-state index contributed by atoms with van der Waals surface area (Å²) in [6.45, 7) is 7.48. The van der Waals surface area contributed by atoms with Crippen molar-refractivity contribution in [1.29, 1.82) is 0 Å². The van der Waals surface area contributed by atoms with Crippen molar-refractivity contribution in [2.24, 2.45) is 5.92 Å². The first kappa shape index (κ1) is 17.8. The van der Waals surface area contributed by atoms with Gasteiger partial charge in [0.1, 0.15) is 5.82 Å². The van der Waals surface area contributed by atoms with Gasteiger partial charge in [0.25, 0.3) is 5.95 Å². The van der Waals surface area contributed by atoms with E-state index in [-0.39, 0.29) is 17.5 Å². The highest BCUT2D eigenvalue weighted by Gasteiger charge is 2.32. The van der Waals surface area contributed by atoms with Crippen molar-refractivity contribution in [1.82, 2.24) is 20.2 Å². The number of piperidine rings is 1. The Morgan fingerprint density at radius 2 is 2.11 bits per heavy atom. The SMILES string of the molecule is [C-]#[N+]c1ccc(C[C@H]2CCCN(c3n[nH]c(-c4ccncc4)n3)C2=O)cc1F. The summed E-state index contributed by atoms with van der Waals surface area (Å²) in [4.78, 5) is 26.1. The lowest BCUT2D eigenvalue weighted by Crippen LogP contribution is -2.42. The maximum Gasteiger partial charge on any atom is 0.251 e. The molecular weight excluding hydrogens is 359 g/mol. The van der Waals surface area contributed by atoms with E-state index in [1.54, 1.807) is 23.4 Å². The zero-order chi connectivity index (χ0) is 19.5. The topological polar surface area (TPSA) is 79.1 Å². The number of hydrogen-bond donors (Lipinski definition) is 1. The molecule has 8 heteroatoms. The number of halogens is 1. The van der Waals surface area contributed by atoms with Gasteiger partial charge < -0.3 is 0 Å². The molecule has 1 fully saturated rings. The molecule has 3 aromatic rings. The molecule has 1 N–H and O–H groups in total. The zero-order valence-electron chi connectivity index (χ0n) is 15.0. The number of carbonyl (C=O) groups is 1. The second-order valence-corrected chi connectivity index (χ2v) is 6.65. The predicted octanol–water partition coefficient (Wildman–Crippen LogP) is 3.54. The standard InChI is InChI=1S/C20H17FN6O/c1-22-17-5-4-13(12-16(17)21)11-15-3-2-10-27(19(15)28)20-24-18(25-26-20)14-6-8-23-9-7-14/h4-9,12,15H,2-3,10-11H2,(H,24,25,26)/t15-/m1/s1. The second-order valence-electron chi connectivity index (χ2n) is 6.65. The molecule has 1 aliphatic rings. The average Bonchev–Trinajstić information content (AvgIpc) is 3.20. The van der Waals surface area contributed by atoms with Crippen LogP contribution in [0.3, 0.4) is 0 Å². The number of carbonyl (C=O) groups excluding carboxylic acids is 1. The smallest absolute Gasteiger partial charge is 0.251 e. The molecule has 3 heterocycles. The molecule has 1 amide bonds. The van der Waals surface area contributed by atoms with Gasteiger partial charge in [0, 0.05) is 30.4 Å². The van der Waals surface area contributed by atoms with E-state index < -0.39 is 5.82 Å². The number of H-pyrrole nitrogens is 1. The van der Waals surface area contributed by atoms with E-state index in [9.17, 15) is 9.18 Å². The quantitative estimate of drug-likeness (QED) is 0.707. The lowest BCUT2D eigenvalue weighted by molar-refractivity contribution is -0.123. The van der Waals surface area contributed by atoms with Crippen molar-refractivity contribution in [3.63, 3.8) is 0 Å². The Morgan fingerprint density at radius 3 is 2.86 bits per heavy atom. The summed E-state index contributed by atoms with van der Waals surface area (Å²) in [5.41, 5.74) is 1.53. The third-order valence-electron chi connectivity index (χ3n) is 4.83. The molecule has 28 heavy (non-hydrogen) atoms. The summed E-state index contributed by atoms with van der Waals surface area (Å²) in [7, 11) is 0. The molecule has 1 atom stereocenters. The highest BCUT2D eigenvalue weighted by Crippen LogP contribution is 2.27. The van der Waals surface area contributed by atoms with E-state index in [0.717, 1.165) is 18.4 Å². The van der Waals surface area contributed by atoms with Crippen molar-refractivity contribution in [3.8, 4) is 11.4 Å². The van der Waals surface area contributed by atoms with Crippen LogP contribution in [-0.2, 0) is 11.2 Å². The molecule has 2 aromatic heterocycles.